The fraction of sp³-hybridized carbons (Fsp3) is 0.375. The molecule has 0 aromatic carbocycles. The van der Waals surface area contributed by atoms with E-state index in [0.29, 0.717) is 24.7 Å². The van der Waals surface area contributed by atoms with Crippen molar-refractivity contribution in [1.29, 1.82) is 0 Å². The van der Waals surface area contributed by atoms with Gasteiger partial charge in [0.15, 0.2) is 6.33 Å². The average Bonchev–Trinajstić information content (AvgIpc) is 2.98. The molecule has 17 heavy (non-hydrogen) atoms. The maximum atomic E-state index is 10.9. The van der Waals surface area contributed by atoms with Crippen molar-refractivity contribution in [2.45, 2.75) is 13.1 Å². The predicted molar refractivity (Wildman–Crippen MR) is 54.3 cm³/mol. The predicted octanol–water partition coefficient (Wildman–Crippen LogP) is -1.72. The van der Waals surface area contributed by atoms with Crippen LogP contribution in [0.4, 0.5) is 0 Å². The molecule has 9 heteroatoms. The van der Waals surface area contributed by atoms with Crippen molar-refractivity contribution < 1.29 is 9.32 Å². The van der Waals surface area contributed by atoms with Crippen molar-refractivity contribution in [3.8, 4) is 0 Å². The standard InChI is InChI=1S/C8H11N7O2/c9-1-7(16)10-2-6-3-15(14-13-6)4-8-11-5-12-17-8/h3,5H,1-2,4,9H2,(H,10,16). The lowest BCUT2D eigenvalue weighted by Crippen LogP contribution is -2.29. The number of nitrogens with one attached hydrogen (secondary N) is 1. The van der Waals surface area contributed by atoms with E-state index in [9.17, 15) is 4.79 Å². The number of nitrogens with two attached hydrogens (primary N) is 1. The highest BCUT2D eigenvalue weighted by atomic mass is 16.5. The lowest BCUT2D eigenvalue weighted by Gasteiger charge is -1.98. The van der Waals surface area contributed by atoms with E-state index in [4.69, 9.17) is 10.3 Å². The fourth-order valence-electron chi connectivity index (χ4n) is 1.16. The van der Waals surface area contributed by atoms with Gasteiger partial charge in [0.25, 0.3) is 0 Å². The molecule has 2 rings (SSSR count). The van der Waals surface area contributed by atoms with Gasteiger partial charge in [-0.3, -0.25) is 4.79 Å². The number of hydrogen-bond acceptors (Lipinski definition) is 7. The van der Waals surface area contributed by atoms with Gasteiger partial charge in [-0.2, -0.15) is 4.98 Å². The molecule has 2 heterocycles. The molecule has 0 saturated heterocycles. The molecule has 90 valence electrons. The molecule has 3 N–H and O–H groups in total. The second kappa shape index (κ2) is 5.16. The minimum absolute atomic E-state index is 0.0455. The number of amides is 1. The monoisotopic (exact) mass is 237 g/mol. The van der Waals surface area contributed by atoms with Crippen molar-refractivity contribution in [1.82, 2.24) is 30.5 Å². The summed E-state index contributed by atoms with van der Waals surface area (Å²) in [6, 6.07) is 0. The molecule has 0 saturated carbocycles. The van der Waals surface area contributed by atoms with Crippen LogP contribution in [0.1, 0.15) is 11.6 Å². The van der Waals surface area contributed by atoms with Crippen molar-refractivity contribution in [3.63, 3.8) is 0 Å². The summed E-state index contributed by atoms with van der Waals surface area (Å²) in [5.41, 5.74) is 5.78. The smallest absolute Gasteiger partial charge is 0.248 e. The summed E-state index contributed by atoms with van der Waals surface area (Å²) in [4.78, 5) is 14.8. The Bertz CT molecular complexity index is 478. The summed E-state index contributed by atoms with van der Waals surface area (Å²) in [5.74, 6) is 0.198. The fourth-order valence-corrected chi connectivity index (χ4v) is 1.16. The zero-order valence-electron chi connectivity index (χ0n) is 8.91. The average molecular weight is 237 g/mol. The van der Waals surface area contributed by atoms with Crippen molar-refractivity contribution >= 4 is 5.91 Å². The summed E-state index contributed by atoms with van der Waals surface area (Å²) < 4.78 is 6.37. The third-order valence-electron chi connectivity index (χ3n) is 1.94. The number of aromatic nitrogens is 5. The van der Waals surface area contributed by atoms with Gasteiger partial charge in [-0.05, 0) is 0 Å². The Morgan fingerprint density at radius 2 is 2.47 bits per heavy atom. The van der Waals surface area contributed by atoms with Crippen LogP contribution in [0.15, 0.2) is 17.0 Å². The zero-order valence-corrected chi connectivity index (χ0v) is 8.91. The summed E-state index contributed by atoms with van der Waals surface area (Å²) in [6.07, 6.45) is 3.00. The SMILES string of the molecule is NCC(=O)NCc1cn(Cc2ncno2)nn1. The van der Waals surface area contributed by atoms with E-state index >= 15 is 0 Å². The van der Waals surface area contributed by atoms with Crippen LogP contribution in [-0.2, 0) is 17.9 Å². The van der Waals surface area contributed by atoms with Gasteiger partial charge in [-0.1, -0.05) is 10.4 Å². The van der Waals surface area contributed by atoms with E-state index in [2.05, 4.69) is 25.8 Å². The normalized spacial score (nSPS) is 10.4. The number of carbonyl (C=O) groups excluding carboxylic acids is 1. The maximum absolute atomic E-state index is 10.9. The minimum atomic E-state index is -0.239. The van der Waals surface area contributed by atoms with Gasteiger partial charge < -0.3 is 15.6 Å². The quantitative estimate of drug-likeness (QED) is 0.633. The van der Waals surface area contributed by atoms with Gasteiger partial charge in [0, 0.05) is 0 Å². The molecular formula is C8H11N7O2. The molecule has 2 aromatic heterocycles. The van der Waals surface area contributed by atoms with Crippen LogP contribution in [0, 0.1) is 0 Å². The van der Waals surface area contributed by atoms with E-state index < -0.39 is 0 Å². The van der Waals surface area contributed by atoms with Gasteiger partial charge in [0.1, 0.15) is 12.2 Å². The Labute approximate surface area is 96.0 Å². The molecule has 2 aromatic rings. The van der Waals surface area contributed by atoms with E-state index in [1.54, 1.807) is 6.20 Å². The van der Waals surface area contributed by atoms with E-state index in [-0.39, 0.29) is 12.5 Å². The summed E-state index contributed by atoms with van der Waals surface area (Å²) in [6.45, 7) is 0.591. The van der Waals surface area contributed by atoms with Crippen molar-refractivity contribution in [2.24, 2.45) is 5.73 Å². The van der Waals surface area contributed by atoms with E-state index in [1.165, 1.54) is 11.0 Å². The molecule has 0 radical (unpaired) electrons. The molecule has 0 bridgehead atoms. The van der Waals surface area contributed by atoms with Gasteiger partial charge in [-0.25, -0.2) is 4.68 Å². The Morgan fingerprint density at radius 1 is 1.59 bits per heavy atom. The first kappa shape index (κ1) is 11.2. The highest BCUT2D eigenvalue weighted by Crippen LogP contribution is 1.97. The number of carbonyl (C=O) groups is 1. The number of rotatable bonds is 5. The Balaban J connectivity index is 1.90. The molecule has 0 unspecified atom stereocenters. The van der Waals surface area contributed by atoms with Gasteiger partial charge in [-0.15, -0.1) is 5.10 Å². The van der Waals surface area contributed by atoms with Crippen LogP contribution in [0.25, 0.3) is 0 Å². The largest absolute Gasteiger partial charge is 0.349 e. The summed E-state index contributed by atoms with van der Waals surface area (Å²) in [7, 11) is 0. The first-order chi connectivity index (χ1) is 8.28. The van der Waals surface area contributed by atoms with Crippen LogP contribution in [0.3, 0.4) is 0 Å². The summed E-state index contributed by atoms with van der Waals surface area (Å²) in [5, 5.41) is 13.8. The minimum Gasteiger partial charge on any atom is -0.349 e. The molecule has 0 fully saturated rings. The number of hydrogen-bond donors (Lipinski definition) is 2. The molecule has 0 atom stereocenters. The third-order valence-corrected chi connectivity index (χ3v) is 1.94. The van der Waals surface area contributed by atoms with E-state index in [1.807, 2.05) is 0 Å². The zero-order chi connectivity index (χ0) is 12.1. The van der Waals surface area contributed by atoms with Crippen LogP contribution >= 0.6 is 0 Å². The maximum Gasteiger partial charge on any atom is 0.248 e. The van der Waals surface area contributed by atoms with Crippen molar-refractivity contribution in [3.05, 3.63) is 24.1 Å². The second-order valence-electron chi connectivity index (χ2n) is 3.22. The Morgan fingerprint density at radius 3 is 3.18 bits per heavy atom. The Hall–Kier alpha value is -2.29. The second-order valence-corrected chi connectivity index (χ2v) is 3.22. The molecular weight excluding hydrogens is 226 g/mol. The third kappa shape index (κ3) is 3.08. The van der Waals surface area contributed by atoms with Crippen molar-refractivity contribution in [2.75, 3.05) is 6.54 Å². The summed E-state index contributed by atoms with van der Waals surface area (Å²) >= 11 is 0. The van der Waals surface area contributed by atoms with Crippen LogP contribution in [0.2, 0.25) is 0 Å². The van der Waals surface area contributed by atoms with Gasteiger partial charge in [0.2, 0.25) is 11.8 Å². The lowest BCUT2D eigenvalue weighted by atomic mass is 10.4. The number of nitrogens with zero attached hydrogens (tertiary/aromatic N) is 5. The first-order valence-corrected chi connectivity index (χ1v) is 4.89. The molecule has 0 spiro atoms. The molecule has 0 aliphatic carbocycles. The lowest BCUT2D eigenvalue weighted by molar-refractivity contribution is -0.119. The molecule has 1 amide bonds. The van der Waals surface area contributed by atoms with Crippen LogP contribution < -0.4 is 11.1 Å². The van der Waals surface area contributed by atoms with Crippen LogP contribution in [0.5, 0.6) is 0 Å². The Kier molecular flexibility index (Phi) is 3.40. The van der Waals surface area contributed by atoms with Gasteiger partial charge in [0.05, 0.1) is 19.3 Å². The first-order valence-electron chi connectivity index (χ1n) is 4.89. The molecule has 9 nitrogen and oxygen atoms in total. The highest BCUT2D eigenvalue weighted by molar-refractivity contribution is 5.77. The topological polar surface area (TPSA) is 125 Å². The van der Waals surface area contributed by atoms with E-state index in [0.717, 1.165) is 0 Å². The highest BCUT2D eigenvalue weighted by Gasteiger charge is 2.05. The molecule has 0 aliphatic heterocycles. The van der Waals surface area contributed by atoms with Gasteiger partial charge >= 0.3 is 0 Å². The molecule has 0 aliphatic rings. The van der Waals surface area contributed by atoms with Crippen LogP contribution in [-0.4, -0.2) is 37.6 Å².